The Morgan fingerprint density at radius 1 is 1.00 bits per heavy atom. The van der Waals surface area contributed by atoms with E-state index >= 15 is 0 Å². The highest BCUT2D eigenvalue weighted by molar-refractivity contribution is 7.89. The molecule has 0 spiro atoms. The smallest absolute Gasteiger partial charge is 0.254 e. The standard InChI is InChI=1S/C18H28N4O4S/c1-19(2)9-8-17(23)21-10-12-22(13-11-21)18(24)15-6-5-7-16(14-15)27(25,26)20(3)4/h5-7,14H,8-13H2,1-4H3. The van der Waals surface area contributed by atoms with Crippen molar-refractivity contribution < 1.29 is 18.0 Å². The molecule has 1 aliphatic rings. The zero-order valence-electron chi connectivity index (χ0n) is 16.4. The first-order chi connectivity index (χ1) is 12.6. The molecule has 2 rings (SSSR count). The van der Waals surface area contributed by atoms with Gasteiger partial charge in [-0.1, -0.05) is 6.07 Å². The van der Waals surface area contributed by atoms with Crippen molar-refractivity contribution in [2.45, 2.75) is 11.3 Å². The maximum atomic E-state index is 12.7. The molecule has 0 atom stereocenters. The zero-order valence-corrected chi connectivity index (χ0v) is 17.2. The number of carbonyl (C=O) groups excluding carboxylic acids is 2. The fraction of sp³-hybridized carbons (Fsp3) is 0.556. The van der Waals surface area contributed by atoms with Crippen molar-refractivity contribution in [2.75, 3.05) is 60.9 Å². The van der Waals surface area contributed by atoms with Crippen LogP contribution in [0.1, 0.15) is 16.8 Å². The van der Waals surface area contributed by atoms with E-state index in [0.29, 0.717) is 44.7 Å². The molecule has 0 unspecified atom stereocenters. The van der Waals surface area contributed by atoms with Crippen molar-refractivity contribution in [1.29, 1.82) is 0 Å². The average molecular weight is 397 g/mol. The first-order valence-corrected chi connectivity index (χ1v) is 10.3. The van der Waals surface area contributed by atoms with Crippen LogP contribution in [0.15, 0.2) is 29.2 Å². The van der Waals surface area contributed by atoms with Gasteiger partial charge in [-0.15, -0.1) is 0 Å². The summed E-state index contributed by atoms with van der Waals surface area (Å²) in [6, 6.07) is 6.08. The lowest BCUT2D eigenvalue weighted by Crippen LogP contribution is -2.50. The molecule has 1 fully saturated rings. The van der Waals surface area contributed by atoms with Gasteiger partial charge in [0.2, 0.25) is 15.9 Å². The van der Waals surface area contributed by atoms with E-state index in [-0.39, 0.29) is 16.7 Å². The maximum Gasteiger partial charge on any atom is 0.254 e. The number of piperazine rings is 1. The molecule has 0 bridgehead atoms. The Balaban J connectivity index is 2.01. The van der Waals surface area contributed by atoms with Crippen molar-refractivity contribution >= 4 is 21.8 Å². The molecule has 0 N–H and O–H groups in total. The van der Waals surface area contributed by atoms with Crippen molar-refractivity contribution in [3.05, 3.63) is 29.8 Å². The van der Waals surface area contributed by atoms with Crippen LogP contribution in [0.5, 0.6) is 0 Å². The summed E-state index contributed by atoms with van der Waals surface area (Å²) in [7, 11) is 3.17. The summed E-state index contributed by atoms with van der Waals surface area (Å²) in [5.74, 6) is -0.124. The molecule has 1 saturated heterocycles. The van der Waals surface area contributed by atoms with Crippen LogP contribution in [0.4, 0.5) is 0 Å². The minimum atomic E-state index is -3.59. The SMILES string of the molecule is CN(C)CCC(=O)N1CCN(C(=O)c2cccc(S(=O)(=O)N(C)C)c2)CC1. The van der Waals surface area contributed by atoms with Crippen LogP contribution >= 0.6 is 0 Å². The van der Waals surface area contributed by atoms with E-state index in [4.69, 9.17) is 0 Å². The van der Waals surface area contributed by atoms with Crippen LogP contribution in [0.2, 0.25) is 0 Å². The molecular formula is C18H28N4O4S. The molecule has 0 aromatic heterocycles. The predicted molar refractivity (Wildman–Crippen MR) is 103 cm³/mol. The molecule has 9 heteroatoms. The number of amides is 2. The third-order valence-electron chi connectivity index (χ3n) is 4.55. The van der Waals surface area contributed by atoms with Crippen LogP contribution in [0.3, 0.4) is 0 Å². The van der Waals surface area contributed by atoms with E-state index in [2.05, 4.69) is 0 Å². The van der Waals surface area contributed by atoms with Gasteiger partial charge in [0.1, 0.15) is 0 Å². The van der Waals surface area contributed by atoms with E-state index < -0.39 is 10.0 Å². The van der Waals surface area contributed by atoms with Crippen molar-refractivity contribution in [3.8, 4) is 0 Å². The highest BCUT2D eigenvalue weighted by Crippen LogP contribution is 2.17. The first-order valence-electron chi connectivity index (χ1n) is 8.87. The predicted octanol–water partition coefficient (Wildman–Crippen LogP) is 0.173. The number of rotatable bonds is 6. The first kappa shape index (κ1) is 21.3. The van der Waals surface area contributed by atoms with Gasteiger partial charge in [0, 0.05) is 58.8 Å². The number of hydrogen-bond acceptors (Lipinski definition) is 5. The maximum absolute atomic E-state index is 12.7. The van der Waals surface area contributed by atoms with E-state index in [1.807, 2.05) is 19.0 Å². The quantitative estimate of drug-likeness (QED) is 0.685. The molecule has 8 nitrogen and oxygen atoms in total. The molecule has 2 amide bonds. The van der Waals surface area contributed by atoms with Gasteiger partial charge < -0.3 is 14.7 Å². The zero-order chi connectivity index (χ0) is 20.2. The van der Waals surface area contributed by atoms with Gasteiger partial charge in [-0.05, 0) is 32.3 Å². The topological polar surface area (TPSA) is 81.2 Å². The minimum absolute atomic E-state index is 0.0925. The second-order valence-corrected chi connectivity index (χ2v) is 9.19. The molecule has 0 saturated carbocycles. The fourth-order valence-electron chi connectivity index (χ4n) is 2.82. The summed E-state index contributed by atoms with van der Waals surface area (Å²) in [6.45, 7) is 2.57. The number of nitrogens with zero attached hydrogens (tertiary/aromatic N) is 4. The summed E-state index contributed by atoms with van der Waals surface area (Å²) in [4.78, 5) is 30.4. The van der Waals surface area contributed by atoms with Crippen LogP contribution in [-0.4, -0.2) is 100 Å². The van der Waals surface area contributed by atoms with Crippen LogP contribution in [0, 0.1) is 0 Å². The van der Waals surface area contributed by atoms with Gasteiger partial charge in [0.15, 0.2) is 0 Å². The Labute approximate surface area is 161 Å². The molecule has 1 aromatic rings. The van der Waals surface area contributed by atoms with Gasteiger partial charge in [0.05, 0.1) is 4.90 Å². The lowest BCUT2D eigenvalue weighted by molar-refractivity contribution is -0.132. The van der Waals surface area contributed by atoms with Gasteiger partial charge in [0.25, 0.3) is 5.91 Å². The highest BCUT2D eigenvalue weighted by Gasteiger charge is 2.26. The minimum Gasteiger partial charge on any atom is -0.339 e. The van der Waals surface area contributed by atoms with Crippen LogP contribution < -0.4 is 0 Å². The third kappa shape index (κ3) is 5.27. The number of carbonyl (C=O) groups is 2. The van der Waals surface area contributed by atoms with Crippen LogP contribution in [-0.2, 0) is 14.8 Å². The number of sulfonamides is 1. The van der Waals surface area contributed by atoms with E-state index in [1.165, 1.54) is 26.2 Å². The lowest BCUT2D eigenvalue weighted by atomic mass is 10.1. The van der Waals surface area contributed by atoms with Crippen molar-refractivity contribution in [2.24, 2.45) is 0 Å². The van der Waals surface area contributed by atoms with E-state index in [9.17, 15) is 18.0 Å². The molecule has 0 aliphatic carbocycles. The molecule has 1 aliphatic heterocycles. The highest BCUT2D eigenvalue weighted by atomic mass is 32.2. The average Bonchev–Trinajstić information content (AvgIpc) is 2.65. The van der Waals surface area contributed by atoms with Gasteiger partial charge in [-0.25, -0.2) is 12.7 Å². The molecule has 1 aromatic carbocycles. The summed E-state index contributed by atoms with van der Waals surface area (Å²) in [6.07, 6.45) is 0.464. The Hall–Kier alpha value is -1.97. The lowest BCUT2D eigenvalue weighted by Gasteiger charge is -2.35. The normalized spacial score (nSPS) is 15.5. The fourth-order valence-corrected chi connectivity index (χ4v) is 3.77. The second-order valence-electron chi connectivity index (χ2n) is 7.04. The summed E-state index contributed by atoms with van der Waals surface area (Å²) >= 11 is 0. The Bertz CT molecular complexity index is 784. The Kier molecular flexibility index (Phi) is 6.96. The third-order valence-corrected chi connectivity index (χ3v) is 6.36. The molecule has 1 heterocycles. The molecular weight excluding hydrogens is 368 g/mol. The molecule has 27 heavy (non-hydrogen) atoms. The van der Waals surface area contributed by atoms with Crippen molar-refractivity contribution in [3.63, 3.8) is 0 Å². The largest absolute Gasteiger partial charge is 0.339 e. The summed E-state index contributed by atoms with van der Waals surface area (Å²) in [5, 5.41) is 0. The van der Waals surface area contributed by atoms with Crippen LogP contribution in [0.25, 0.3) is 0 Å². The summed E-state index contributed by atoms with van der Waals surface area (Å²) < 4.78 is 25.6. The van der Waals surface area contributed by atoms with Gasteiger partial charge >= 0.3 is 0 Å². The van der Waals surface area contributed by atoms with E-state index in [0.717, 1.165) is 4.31 Å². The second kappa shape index (κ2) is 8.81. The van der Waals surface area contributed by atoms with E-state index in [1.54, 1.807) is 21.9 Å². The van der Waals surface area contributed by atoms with Gasteiger partial charge in [-0.3, -0.25) is 9.59 Å². The molecule has 150 valence electrons. The monoisotopic (exact) mass is 396 g/mol. The number of hydrogen-bond donors (Lipinski definition) is 0. The summed E-state index contributed by atoms with van der Waals surface area (Å²) in [5.41, 5.74) is 0.338. The molecule has 0 radical (unpaired) electrons. The van der Waals surface area contributed by atoms with Crippen molar-refractivity contribution in [1.82, 2.24) is 19.0 Å². The Morgan fingerprint density at radius 2 is 1.59 bits per heavy atom. The Morgan fingerprint density at radius 3 is 2.15 bits per heavy atom. The van der Waals surface area contributed by atoms with Gasteiger partial charge in [-0.2, -0.15) is 0 Å². The number of benzene rings is 1.